The topological polar surface area (TPSA) is 23.5 Å². The summed E-state index contributed by atoms with van der Waals surface area (Å²) in [7, 11) is 1.73. The van der Waals surface area contributed by atoms with E-state index in [4.69, 9.17) is 0 Å². The smallest absolute Gasteiger partial charge is 0.160 e. The Morgan fingerprint density at radius 3 is 2.53 bits per heavy atom. The van der Waals surface area contributed by atoms with E-state index < -0.39 is 17.7 Å². The molecule has 84 valence electrons. The van der Waals surface area contributed by atoms with Gasteiger partial charge in [-0.1, -0.05) is 6.92 Å². The second-order valence-electron chi connectivity index (χ2n) is 3.54. The third kappa shape index (κ3) is 3.16. The van der Waals surface area contributed by atoms with Crippen LogP contribution in [0.4, 0.5) is 14.5 Å². The van der Waals surface area contributed by atoms with Gasteiger partial charge in [-0.15, -0.1) is 0 Å². The maximum absolute atomic E-state index is 12.9. The van der Waals surface area contributed by atoms with E-state index in [1.807, 2.05) is 6.92 Å². The Labute approximate surface area is 88.1 Å². The van der Waals surface area contributed by atoms with Crippen molar-refractivity contribution in [1.29, 1.82) is 0 Å². The Kier molecular flexibility index (Phi) is 4.03. The van der Waals surface area contributed by atoms with Gasteiger partial charge in [-0.05, 0) is 18.6 Å². The van der Waals surface area contributed by atoms with Crippen molar-refractivity contribution in [2.75, 3.05) is 18.5 Å². The van der Waals surface area contributed by atoms with Gasteiger partial charge >= 0.3 is 0 Å². The van der Waals surface area contributed by atoms with Crippen molar-refractivity contribution in [3.63, 3.8) is 0 Å². The molecule has 1 N–H and O–H groups in total. The predicted molar refractivity (Wildman–Crippen MR) is 55.9 cm³/mol. The van der Waals surface area contributed by atoms with E-state index in [0.717, 1.165) is 12.1 Å². The number of benzene rings is 1. The average molecular weight is 215 g/mol. The third-order valence-electron chi connectivity index (χ3n) is 2.30. The van der Waals surface area contributed by atoms with Crippen molar-refractivity contribution < 1.29 is 13.9 Å². The van der Waals surface area contributed by atoms with Crippen molar-refractivity contribution in [2.45, 2.75) is 19.4 Å². The van der Waals surface area contributed by atoms with Crippen molar-refractivity contribution in [3.05, 3.63) is 29.8 Å². The maximum atomic E-state index is 12.9. The Hall–Kier alpha value is -1.16. The highest BCUT2D eigenvalue weighted by atomic mass is 19.2. The number of halogens is 2. The predicted octanol–water partition coefficient (Wildman–Crippen LogP) is 2.17. The lowest BCUT2D eigenvalue weighted by Crippen LogP contribution is -2.28. The van der Waals surface area contributed by atoms with E-state index in [2.05, 4.69) is 0 Å². The van der Waals surface area contributed by atoms with E-state index >= 15 is 0 Å². The molecule has 1 aromatic rings. The highest BCUT2D eigenvalue weighted by Gasteiger charge is 2.09. The second-order valence-corrected chi connectivity index (χ2v) is 3.54. The molecule has 0 bridgehead atoms. The van der Waals surface area contributed by atoms with E-state index in [0.29, 0.717) is 18.7 Å². The molecule has 0 radical (unpaired) electrons. The molecule has 1 aromatic carbocycles. The molecule has 0 aliphatic carbocycles. The van der Waals surface area contributed by atoms with Crippen molar-refractivity contribution in [3.8, 4) is 0 Å². The summed E-state index contributed by atoms with van der Waals surface area (Å²) in [6.07, 6.45) is 0.178. The highest BCUT2D eigenvalue weighted by Crippen LogP contribution is 2.17. The highest BCUT2D eigenvalue weighted by molar-refractivity contribution is 5.45. The molecule has 1 rings (SSSR count). The van der Waals surface area contributed by atoms with Crippen LogP contribution in [0.3, 0.4) is 0 Å². The molecule has 0 fully saturated rings. The van der Waals surface area contributed by atoms with Crippen LogP contribution in [0.25, 0.3) is 0 Å². The van der Waals surface area contributed by atoms with Crippen LogP contribution in [0.5, 0.6) is 0 Å². The summed E-state index contributed by atoms with van der Waals surface area (Å²) in [5.41, 5.74) is 0.557. The van der Waals surface area contributed by atoms with Gasteiger partial charge in [-0.25, -0.2) is 8.78 Å². The Morgan fingerprint density at radius 1 is 1.33 bits per heavy atom. The molecule has 0 aliphatic heterocycles. The number of hydrogen-bond donors (Lipinski definition) is 1. The number of aliphatic hydroxyl groups excluding tert-OH is 1. The van der Waals surface area contributed by atoms with Gasteiger partial charge in [0.15, 0.2) is 11.6 Å². The first kappa shape index (κ1) is 11.9. The zero-order valence-electron chi connectivity index (χ0n) is 8.87. The molecule has 0 saturated carbocycles. The fourth-order valence-corrected chi connectivity index (χ4v) is 1.27. The van der Waals surface area contributed by atoms with Gasteiger partial charge in [0.05, 0.1) is 6.10 Å². The Balaban J connectivity index is 2.73. The van der Waals surface area contributed by atoms with Crippen molar-refractivity contribution in [1.82, 2.24) is 0 Å². The Bertz CT molecular complexity index is 330. The molecule has 15 heavy (non-hydrogen) atoms. The summed E-state index contributed by atoms with van der Waals surface area (Å²) in [5.74, 6) is -1.73. The largest absolute Gasteiger partial charge is 0.391 e. The van der Waals surface area contributed by atoms with Gasteiger partial charge in [0.1, 0.15) is 0 Å². The number of aliphatic hydroxyl groups is 1. The zero-order valence-corrected chi connectivity index (χ0v) is 8.87. The molecular weight excluding hydrogens is 200 g/mol. The summed E-state index contributed by atoms with van der Waals surface area (Å²) < 4.78 is 25.5. The molecule has 2 nitrogen and oxygen atoms in total. The maximum Gasteiger partial charge on any atom is 0.160 e. The number of nitrogens with zero attached hydrogens (tertiary/aromatic N) is 1. The molecule has 0 heterocycles. The summed E-state index contributed by atoms with van der Waals surface area (Å²) in [4.78, 5) is 1.69. The average Bonchev–Trinajstić information content (AvgIpc) is 2.21. The minimum atomic E-state index is -0.870. The first-order chi connectivity index (χ1) is 7.04. The van der Waals surface area contributed by atoms with Crippen molar-refractivity contribution >= 4 is 5.69 Å². The third-order valence-corrected chi connectivity index (χ3v) is 2.30. The standard InChI is InChI=1S/C11H15F2NO/c1-3-9(15)7-14(2)8-4-5-10(12)11(13)6-8/h4-6,9,15H,3,7H2,1-2H3/t9-/m1/s1. The van der Waals surface area contributed by atoms with Crippen LogP contribution >= 0.6 is 0 Å². The van der Waals surface area contributed by atoms with Crippen LogP contribution in [-0.2, 0) is 0 Å². The SMILES string of the molecule is CC[C@@H](O)CN(C)c1ccc(F)c(F)c1. The minimum absolute atomic E-state index is 0.404. The molecule has 4 heteroatoms. The second kappa shape index (κ2) is 5.07. The van der Waals surface area contributed by atoms with Gasteiger partial charge < -0.3 is 10.0 Å². The molecule has 0 aromatic heterocycles. The summed E-state index contributed by atoms with van der Waals surface area (Å²) in [6, 6.07) is 3.69. The first-order valence-electron chi connectivity index (χ1n) is 4.88. The van der Waals surface area contributed by atoms with E-state index in [1.54, 1.807) is 11.9 Å². The van der Waals surface area contributed by atoms with Crippen LogP contribution in [0.1, 0.15) is 13.3 Å². The van der Waals surface area contributed by atoms with Gasteiger partial charge in [0.25, 0.3) is 0 Å². The molecular formula is C11H15F2NO. The summed E-state index contributed by atoms with van der Waals surface area (Å²) in [5, 5.41) is 9.40. The minimum Gasteiger partial charge on any atom is -0.391 e. The quantitative estimate of drug-likeness (QED) is 0.832. The van der Waals surface area contributed by atoms with Crippen molar-refractivity contribution in [2.24, 2.45) is 0 Å². The summed E-state index contributed by atoms with van der Waals surface area (Å²) in [6.45, 7) is 2.27. The molecule has 0 unspecified atom stereocenters. The fourth-order valence-electron chi connectivity index (χ4n) is 1.27. The lowest BCUT2D eigenvalue weighted by molar-refractivity contribution is 0.177. The number of hydrogen-bond acceptors (Lipinski definition) is 2. The van der Waals surface area contributed by atoms with Crippen LogP contribution in [0.15, 0.2) is 18.2 Å². The first-order valence-corrected chi connectivity index (χ1v) is 4.88. The number of likely N-dealkylation sites (N-methyl/N-ethyl adjacent to an activating group) is 1. The van der Waals surface area contributed by atoms with E-state index in [1.165, 1.54) is 6.07 Å². The van der Waals surface area contributed by atoms with Crippen LogP contribution in [0, 0.1) is 11.6 Å². The number of rotatable bonds is 4. The van der Waals surface area contributed by atoms with Gasteiger partial charge in [-0.3, -0.25) is 0 Å². The van der Waals surface area contributed by atoms with Gasteiger partial charge in [0.2, 0.25) is 0 Å². The molecule has 0 saturated heterocycles. The van der Waals surface area contributed by atoms with Crippen LogP contribution in [0.2, 0.25) is 0 Å². The lowest BCUT2D eigenvalue weighted by Gasteiger charge is -2.22. The normalized spacial score (nSPS) is 12.6. The fraction of sp³-hybridized carbons (Fsp3) is 0.455. The van der Waals surface area contributed by atoms with E-state index in [-0.39, 0.29) is 0 Å². The van der Waals surface area contributed by atoms with Gasteiger partial charge in [0, 0.05) is 25.3 Å². The number of anilines is 1. The van der Waals surface area contributed by atoms with E-state index in [9.17, 15) is 13.9 Å². The zero-order chi connectivity index (χ0) is 11.4. The molecule has 0 amide bonds. The molecule has 1 atom stereocenters. The molecule has 0 aliphatic rings. The summed E-state index contributed by atoms with van der Waals surface area (Å²) >= 11 is 0. The Morgan fingerprint density at radius 2 is 2.00 bits per heavy atom. The molecule has 0 spiro atoms. The van der Waals surface area contributed by atoms with Crippen LogP contribution < -0.4 is 4.90 Å². The lowest BCUT2D eigenvalue weighted by atomic mass is 10.2. The monoisotopic (exact) mass is 215 g/mol. The van der Waals surface area contributed by atoms with Gasteiger partial charge in [-0.2, -0.15) is 0 Å². The van der Waals surface area contributed by atoms with Crippen LogP contribution in [-0.4, -0.2) is 24.8 Å².